The molecule has 0 amide bonds. The van der Waals surface area contributed by atoms with Crippen LogP contribution in [0.3, 0.4) is 0 Å². The summed E-state index contributed by atoms with van der Waals surface area (Å²) in [6, 6.07) is 2.03. The largest absolute Gasteiger partial charge is 0.462 e. The molecule has 0 aliphatic heterocycles. The number of hydrogen-bond acceptors (Lipinski definition) is 3. The Morgan fingerprint density at radius 3 is 2.62 bits per heavy atom. The summed E-state index contributed by atoms with van der Waals surface area (Å²) in [5.41, 5.74) is -0.215. The Morgan fingerprint density at radius 1 is 1.69 bits per heavy atom. The molecule has 72 valence electrons. The normalized spacial score (nSPS) is 10.3. The topological polar surface area (TPSA) is 50.1 Å². The standard InChI is InChI=1S/C7H9Cl2NO2Si/c1-6(5-10)7(11)12-3-4-13(2,8)9/h1,3-4H2,2H3. The second-order valence-electron chi connectivity index (χ2n) is 2.55. The maximum absolute atomic E-state index is 10.8. The highest BCUT2D eigenvalue weighted by Gasteiger charge is 2.21. The fraction of sp³-hybridized carbons (Fsp3) is 0.429. The summed E-state index contributed by atoms with van der Waals surface area (Å²) in [6.45, 7) is 2.84. The smallest absolute Gasteiger partial charge is 0.348 e. The molecular weight excluding hydrogens is 229 g/mol. The molecule has 0 spiro atoms. The Bertz CT molecular complexity index is 254. The van der Waals surface area contributed by atoms with E-state index in [1.165, 1.54) is 0 Å². The molecule has 0 aromatic carbocycles. The number of esters is 1. The highest BCUT2D eigenvalue weighted by Crippen LogP contribution is 2.19. The van der Waals surface area contributed by atoms with Crippen LogP contribution in [0.25, 0.3) is 0 Å². The molecule has 0 fully saturated rings. The van der Waals surface area contributed by atoms with Crippen molar-refractivity contribution < 1.29 is 9.53 Å². The van der Waals surface area contributed by atoms with Gasteiger partial charge < -0.3 is 4.74 Å². The van der Waals surface area contributed by atoms with Gasteiger partial charge in [0.1, 0.15) is 11.6 Å². The minimum absolute atomic E-state index is 0.134. The van der Waals surface area contributed by atoms with Crippen molar-refractivity contribution in [1.29, 1.82) is 5.26 Å². The number of carbonyl (C=O) groups is 1. The van der Waals surface area contributed by atoms with E-state index in [1.54, 1.807) is 12.6 Å². The van der Waals surface area contributed by atoms with Crippen LogP contribution in [-0.2, 0) is 9.53 Å². The molecule has 0 rings (SSSR count). The number of hydrogen-bond donors (Lipinski definition) is 0. The van der Waals surface area contributed by atoms with Gasteiger partial charge in [0, 0.05) is 6.04 Å². The molecule has 0 atom stereocenters. The van der Waals surface area contributed by atoms with Crippen LogP contribution in [0.15, 0.2) is 12.2 Å². The first-order valence-corrected chi connectivity index (χ1v) is 8.24. The van der Waals surface area contributed by atoms with E-state index < -0.39 is 12.7 Å². The summed E-state index contributed by atoms with van der Waals surface area (Å²) in [6.07, 6.45) is 0. The monoisotopic (exact) mass is 237 g/mol. The third kappa shape index (κ3) is 6.64. The highest BCUT2D eigenvalue weighted by molar-refractivity contribution is 7.44. The van der Waals surface area contributed by atoms with Gasteiger partial charge in [-0.15, -0.1) is 22.2 Å². The summed E-state index contributed by atoms with van der Waals surface area (Å²) in [5.74, 6) is -0.714. The lowest BCUT2D eigenvalue weighted by atomic mass is 10.3. The van der Waals surface area contributed by atoms with E-state index in [2.05, 4.69) is 11.3 Å². The first kappa shape index (κ1) is 12.5. The van der Waals surface area contributed by atoms with Crippen molar-refractivity contribution in [3.05, 3.63) is 12.2 Å². The molecule has 0 heterocycles. The summed E-state index contributed by atoms with van der Waals surface area (Å²) in [4.78, 5) is 10.8. The number of halogens is 2. The average molecular weight is 238 g/mol. The van der Waals surface area contributed by atoms with Gasteiger partial charge in [-0.3, -0.25) is 0 Å². The number of carbonyl (C=O) groups excluding carboxylic acids is 1. The van der Waals surface area contributed by atoms with E-state index >= 15 is 0 Å². The van der Waals surface area contributed by atoms with Crippen molar-refractivity contribution in [2.45, 2.75) is 12.6 Å². The van der Waals surface area contributed by atoms with Gasteiger partial charge in [-0.2, -0.15) is 5.26 Å². The first-order chi connectivity index (χ1) is 5.87. The van der Waals surface area contributed by atoms with E-state index in [0.29, 0.717) is 6.04 Å². The quantitative estimate of drug-likeness (QED) is 0.248. The van der Waals surface area contributed by atoms with Gasteiger partial charge in [0.25, 0.3) is 6.69 Å². The fourth-order valence-electron chi connectivity index (χ4n) is 0.456. The molecule has 0 aliphatic carbocycles. The third-order valence-electron chi connectivity index (χ3n) is 1.16. The van der Waals surface area contributed by atoms with E-state index in [9.17, 15) is 4.79 Å². The summed E-state index contributed by atoms with van der Waals surface area (Å²) < 4.78 is 4.68. The molecule has 0 N–H and O–H groups in total. The van der Waals surface area contributed by atoms with E-state index in [-0.39, 0.29) is 12.2 Å². The van der Waals surface area contributed by atoms with Crippen LogP contribution >= 0.6 is 22.2 Å². The third-order valence-corrected chi connectivity index (χ3v) is 3.37. The summed E-state index contributed by atoms with van der Waals surface area (Å²) >= 11 is 11.5. The Morgan fingerprint density at radius 2 is 2.23 bits per heavy atom. The highest BCUT2D eigenvalue weighted by atomic mass is 35.7. The van der Waals surface area contributed by atoms with Gasteiger partial charge in [-0.1, -0.05) is 6.58 Å². The lowest BCUT2D eigenvalue weighted by Gasteiger charge is -2.09. The predicted molar refractivity (Wildman–Crippen MR) is 53.8 cm³/mol. The molecule has 0 aliphatic rings. The number of rotatable bonds is 4. The Balaban J connectivity index is 3.74. The molecular formula is C7H9Cl2NO2Si. The van der Waals surface area contributed by atoms with Crippen molar-refractivity contribution in [3.63, 3.8) is 0 Å². The van der Waals surface area contributed by atoms with Gasteiger partial charge >= 0.3 is 5.97 Å². The van der Waals surface area contributed by atoms with Crippen LogP contribution in [0, 0.1) is 11.3 Å². The molecule has 0 unspecified atom stereocenters. The lowest BCUT2D eigenvalue weighted by molar-refractivity contribution is -0.137. The van der Waals surface area contributed by atoms with Crippen molar-refractivity contribution in [3.8, 4) is 6.07 Å². The molecule has 0 saturated carbocycles. The van der Waals surface area contributed by atoms with Crippen molar-refractivity contribution >= 4 is 34.8 Å². The molecule has 6 heteroatoms. The van der Waals surface area contributed by atoms with Crippen LogP contribution < -0.4 is 0 Å². The SMILES string of the molecule is C=C(C#N)C(=O)OCC[Si](C)(Cl)Cl. The Kier molecular flexibility index (Phi) is 5.07. The molecule has 0 radical (unpaired) electrons. The maximum Gasteiger partial charge on any atom is 0.348 e. The maximum atomic E-state index is 10.8. The Hall–Kier alpha value is -0.503. The van der Waals surface area contributed by atoms with Gasteiger partial charge in [-0.05, 0) is 6.55 Å². The zero-order chi connectivity index (χ0) is 10.5. The minimum atomic E-state index is -2.21. The van der Waals surface area contributed by atoms with Gasteiger partial charge in [0.15, 0.2) is 0 Å². The zero-order valence-corrected chi connectivity index (χ0v) is 9.65. The summed E-state index contributed by atoms with van der Waals surface area (Å²) in [5, 5.41) is 8.27. The van der Waals surface area contributed by atoms with E-state index in [0.717, 1.165) is 0 Å². The molecule has 13 heavy (non-hydrogen) atoms. The molecule has 0 aromatic heterocycles. The number of nitriles is 1. The van der Waals surface area contributed by atoms with Crippen LogP contribution in [0.2, 0.25) is 12.6 Å². The zero-order valence-electron chi connectivity index (χ0n) is 7.14. The van der Waals surface area contributed by atoms with Crippen molar-refractivity contribution in [2.75, 3.05) is 6.61 Å². The van der Waals surface area contributed by atoms with E-state index in [4.69, 9.17) is 27.4 Å². The average Bonchev–Trinajstić information content (AvgIpc) is 2.00. The molecule has 3 nitrogen and oxygen atoms in total. The van der Waals surface area contributed by atoms with E-state index in [1.807, 2.05) is 0 Å². The number of ether oxygens (including phenoxy) is 1. The van der Waals surface area contributed by atoms with Gasteiger partial charge in [0.05, 0.1) is 6.61 Å². The van der Waals surface area contributed by atoms with Crippen LogP contribution in [-0.4, -0.2) is 19.3 Å². The minimum Gasteiger partial charge on any atom is -0.462 e. The Labute approximate surface area is 87.3 Å². The molecule has 0 aromatic rings. The van der Waals surface area contributed by atoms with Crippen LogP contribution in [0.1, 0.15) is 0 Å². The predicted octanol–water partition coefficient (Wildman–Crippen LogP) is 2.16. The van der Waals surface area contributed by atoms with Crippen molar-refractivity contribution in [2.24, 2.45) is 0 Å². The second-order valence-corrected chi connectivity index (χ2v) is 10.8. The second kappa shape index (κ2) is 5.27. The van der Waals surface area contributed by atoms with Crippen LogP contribution in [0.4, 0.5) is 0 Å². The van der Waals surface area contributed by atoms with Crippen LogP contribution in [0.5, 0.6) is 0 Å². The molecule has 0 saturated heterocycles. The molecule has 0 bridgehead atoms. The lowest BCUT2D eigenvalue weighted by Crippen LogP contribution is -2.17. The van der Waals surface area contributed by atoms with Crippen molar-refractivity contribution in [1.82, 2.24) is 0 Å². The fourth-order valence-corrected chi connectivity index (χ4v) is 1.38. The first-order valence-electron chi connectivity index (χ1n) is 3.51. The van der Waals surface area contributed by atoms with Gasteiger partial charge in [-0.25, -0.2) is 4.79 Å². The van der Waals surface area contributed by atoms with Gasteiger partial charge in [0.2, 0.25) is 0 Å². The number of nitrogens with zero attached hydrogens (tertiary/aromatic N) is 1. The summed E-state index contributed by atoms with van der Waals surface area (Å²) in [7, 11) is 0.